The van der Waals surface area contributed by atoms with E-state index in [1.807, 2.05) is 45.5 Å². The fourth-order valence-corrected chi connectivity index (χ4v) is 3.22. The lowest BCUT2D eigenvalue weighted by Gasteiger charge is -2.29. The predicted molar refractivity (Wildman–Crippen MR) is 99.6 cm³/mol. The van der Waals surface area contributed by atoms with E-state index >= 15 is 4.39 Å². The third-order valence-electron chi connectivity index (χ3n) is 4.63. The highest BCUT2D eigenvalue weighted by Gasteiger charge is 2.28. The number of carbonyl (C=O) groups is 1. The largest absolute Gasteiger partial charge is 0.375 e. The van der Waals surface area contributed by atoms with Gasteiger partial charge >= 0.3 is 0 Å². The quantitative estimate of drug-likeness (QED) is 0.896. The minimum atomic E-state index is -0.279. The number of fused-ring (bicyclic) bond motifs is 1. The summed E-state index contributed by atoms with van der Waals surface area (Å²) in [7, 11) is 3.64. The van der Waals surface area contributed by atoms with Gasteiger partial charge in [0.2, 0.25) is 11.9 Å². The highest BCUT2D eigenvalue weighted by atomic mass is 19.1. The smallest absolute Gasteiger partial charge is 0.227 e. The van der Waals surface area contributed by atoms with E-state index in [0.717, 1.165) is 19.3 Å². The number of imidazole rings is 1. The van der Waals surface area contributed by atoms with Crippen LogP contribution in [0.15, 0.2) is 12.1 Å². The molecule has 1 heterocycles. The number of hydrogen-bond donors (Lipinski definition) is 1. The Kier molecular flexibility index (Phi) is 4.47. The summed E-state index contributed by atoms with van der Waals surface area (Å²) in [6, 6.07) is 3.75. The molecule has 0 bridgehead atoms. The van der Waals surface area contributed by atoms with Gasteiger partial charge in [-0.15, -0.1) is 0 Å². The molecular formula is C19H27FN4O. The van der Waals surface area contributed by atoms with Crippen molar-refractivity contribution in [2.75, 3.05) is 24.3 Å². The van der Waals surface area contributed by atoms with Crippen molar-refractivity contribution in [2.24, 2.45) is 5.41 Å². The van der Waals surface area contributed by atoms with Gasteiger partial charge in [0.1, 0.15) is 5.52 Å². The highest BCUT2D eigenvalue weighted by Crippen LogP contribution is 2.39. The van der Waals surface area contributed by atoms with Gasteiger partial charge in [-0.05, 0) is 36.8 Å². The van der Waals surface area contributed by atoms with Crippen LogP contribution in [0.25, 0.3) is 11.0 Å². The molecule has 1 aromatic carbocycles. The molecular weight excluding hydrogens is 319 g/mol. The van der Waals surface area contributed by atoms with Gasteiger partial charge in [-0.3, -0.25) is 10.1 Å². The molecule has 0 spiro atoms. The third-order valence-corrected chi connectivity index (χ3v) is 4.63. The van der Waals surface area contributed by atoms with Crippen LogP contribution in [-0.2, 0) is 4.79 Å². The Morgan fingerprint density at radius 1 is 1.36 bits per heavy atom. The highest BCUT2D eigenvalue weighted by molar-refractivity contribution is 5.92. The first-order chi connectivity index (χ1) is 11.7. The number of halogens is 1. The van der Waals surface area contributed by atoms with E-state index < -0.39 is 0 Å². The molecule has 6 heteroatoms. The maximum Gasteiger partial charge on any atom is 0.227 e. The average molecular weight is 346 g/mol. The van der Waals surface area contributed by atoms with E-state index in [9.17, 15) is 4.79 Å². The number of anilines is 2. The monoisotopic (exact) mass is 346 g/mol. The van der Waals surface area contributed by atoms with Crippen LogP contribution in [0, 0.1) is 11.2 Å². The number of aromatic nitrogens is 2. The molecule has 1 amide bonds. The lowest BCUT2D eigenvalue weighted by molar-refractivity contribution is -0.117. The van der Waals surface area contributed by atoms with Crippen molar-refractivity contribution in [3.63, 3.8) is 0 Å². The third kappa shape index (κ3) is 3.48. The fraction of sp³-hybridized carbons (Fsp3) is 0.579. The Bertz CT molecular complexity index is 800. The summed E-state index contributed by atoms with van der Waals surface area (Å²) < 4.78 is 17.0. The number of carbonyl (C=O) groups excluding carboxylic acids is 1. The molecule has 1 fully saturated rings. The molecule has 25 heavy (non-hydrogen) atoms. The van der Waals surface area contributed by atoms with Crippen LogP contribution in [-0.4, -0.2) is 29.6 Å². The summed E-state index contributed by atoms with van der Waals surface area (Å²) in [6.07, 6.45) is 3.49. The zero-order valence-electron chi connectivity index (χ0n) is 15.7. The molecule has 3 rings (SSSR count). The van der Waals surface area contributed by atoms with Crippen molar-refractivity contribution in [1.82, 2.24) is 9.55 Å². The molecule has 1 aliphatic rings. The zero-order chi connectivity index (χ0) is 18.4. The lowest BCUT2D eigenvalue weighted by atomic mass is 9.92. The number of nitrogens with zero attached hydrogens (tertiary/aromatic N) is 3. The Balaban J connectivity index is 2.06. The normalized spacial score (nSPS) is 15.3. The van der Waals surface area contributed by atoms with Gasteiger partial charge in [0.05, 0.1) is 11.2 Å². The topological polar surface area (TPSA) is 50.2 Å². The van der Waals surface area contributed by atoms with Gasteiger partial charge in [0, 0.05) is 26.6 Å². The van der Waals surface area contributed by atoms with Gasteiger partial charge in [-0.25, -0.2) is 9.37 Å². The maximum absolute atomic E-state index is 15.1. The summed E-state index contributed by atoms with van der Waals surface area (Å²) in [5, 5.41) is 2.91. The van der Waals surface area contributed by atoms with Crippen molar-refractivity contribution in [2.45, 2.75) is 52.5 Å². The molecule has 0 saturated heterocycles. The van der Waals surface area contributed by atoms with E-state index in [1.54, 1.807) is 11.0 Å². The van der Waals surface area contributed by atoms with Crippen molar-refractivity contribution < 1.29 is 9.18 Å². The van der Waals surface area contributed by atoms with Crippen LogP contribution in [0.1, 0.15) is 52.5 Å². The van der Waals surface area contributed by atoms with Gasteiger partial charge in [-0.1, -0.05) is 20.8 Å². The van der Waals surface area contributed by atoms with Crippen LogP contribution in [0.4, 0.5) is 16.0 Å². The maximum atomic E-state index is 15.1. The summed E-state index contributed by atoms with van der Waals surface area (Å²) in [4.78, 5) is 18.7. The molecule has 0 atom stereocenters. The number of nitrogens with one attached hydrogen (secondary N) is 1. The first-order valence-corrected chi connectivity index (χ1v) is 8.85. The van der Waals surface area contributed by atoms with Crippen LogP contribution in [0.5, 0.6) is 0 Å². The van der Waals surface area contributed by atoms with E-state index in [2.05, 4.69) is 10.3 Å². The van der Waals surface area contributed by atoms with E-state index in [1.165, 1.54) is 0 Å². The average Bonchev–Trinajstić information content (AvgIpc) is 2.73. The molecule has 0 radical (unpaired) electrons. The Morgan fingerprint density at radius 2 is 2.04 bits per heavy atom. The number of amides is 1. The molecule has 0 aliphatic heterocycles. The summed E-state index contributed by atoms with van der Waals surface area (Å²) in [5.41, 5.74) is 1.49. The summed E-state index contributed by atoms with van der Waals surface area (Å²) >= 11 is 0. The molecule has 1 aromatic heterocycles. The first-order valence-electron chi connectivity index (χ1n) is 8.85. The Morgan fingerprint density at radius 3 is 2.56 bits per heavy atom. The van der Waals surface area contributed by atoms with E-state index in [-0.39, 0.29) is 23.2 Å². The molecule has 1 aliphatic carbocycles. The van der Waals surface area contributed by atoms with Crippen molar-refractivity contribution in [1.29, 1.82) is 0 Å². The van der Waals surface area contributed by atoms with E-state index in [4.69, 9.17) is 0 Å². The summed E-state index contributed by atoms with van der Waals surface area (Å²) in [6.45, 7) is 6.06. The van der Waals surface area contributed by atoms with Crippen LogP contribution < -0.4 is 10.2 Å². The zero-order valence-corrected chi connectivity index (χ0v) is 15.7. The molecule has 0 unspecified atom stereocenters. The van der Waals surface area contributed by atoms with Crippen LogP contribution in [0.2, 0.25) is 0 Å². The molecule has 1 N–H and O–H groups in total. The summed E-state index contributed by atoms with van der Waals surface area (Å²) in [5.74, 6) is 0.0959. The second kappa shape index (κ2) is 6.32. The number of hydrogen-bond acceptors (Lipinski definition) is 3. The van der Waals surface area contributed by atoms with E-state index in [0.29, 0.717) is 29.1 Å². The molecule has 2 aromatic rings. The molecule has 136 valence electrons. The molecule has 1 saturated carbocycles. The van der Waals surface area contributed by atoms with Crippen LogP contribution >= 0.6 is 0 Å². The van der Waals surface area contributed by atoms with Gasteiger partial charge < -0.3 is 9.47 Å². The van der Waals surface area contributed by atoms with Gasteiger partial charge in [0.15, 0.2) is 5.82 Å². The number of rotatable bonds is 4. The van der Waals surface area contributed by atoms with Crippen molar-refractivity contribution >= 4 is 28.6 Å². The Hall–Kier alpha value is -2.11. The standard InChI is InChI=1S/C19H27FN4O/c1-19(2,3)11-15(25)22-18-21-13-9-10-14(23(4)5)16(20)17(13)24(18)12-7-6-8-12/h9-10,12H,6-8,11H2,1-5H3,(H,21,22,25). The van der Waals surface area contributed by atoms with Crippen molar-refractivity contribution in [3.8, 4) is 0 Å². The van der Waals surface area contributed by atoms with Gasteiger partial charge in [-0.2, -0.15) is 0 Å². The first kappa shape index (κ1) is 17.7. The molecule has 5 nitrogen and oxygen atoms in total. The fourth-order valence-electron chi connectivity index (χ4n) is 3.22. The minimum absolute atomic E-state index is 0.0865. The number of benzene rings is 1. The van der Waals surface area contributed by atoms with Crippen LogP contribution in [0.3, 0.4) is 0 Å². The minimum Gasteiger partial charge on any atom is -0.375 e. The Labute approximate surface area is 148 Å². The lowest BCUT2D eigenvalue weighted by Crippen LogP contribution is -2.25. The second-order valence-corrected chi connectivity index (χ2v) is 8.34. The predicted octanol–water partition coefficient (Wildman–Crippen LogP) is 4.34. The van der Waals surface area contributed by atoms with Crippen molar-refractivity contribution in [3.05, 3.63) is 17.9 Å². The SMILES string of the molecule is CN(C)c1ccc2nc(NC(=O)CC(C)(C)C)n(C3CCC3)c2c1F. The van der Waals surface area contributed by atoms with Gasteiger partial charge in [0.25, 0.3) is 0 Å². The second-order valence-electron chi connectivity index (χ2n) is 8.34.